The van der Waals surface area contributed by atoms with Crippen molar-refractivity contribution in [1.82, 2.24) is 9.97 Å². The minimum atomic E-state index is 0.292. The molecule has 0 aliphatic rings. The van der Waals surface area contributed by atoms with Crippen LogP contribution in [-0.2, 0) is 0 Å². The van der Waals surface area contributed by atoms with Gasteiger partial charge in [-0.3, -0.25) is 0 Å². The number of aryl methyl sites for hydroxylation is 2. The van der Waals surface area contributed by atoms with Gasteiger partial charge in [-0.05, 0) is 31.0 Å². The van der Waals surface area contributed by atoms with Crippen LogP contribution in [0, 0.1) is 13.8 Å². The second-order valence-corrected chi connectivity index (χ2v) is 4.35. The van der Waals surface area contributed by atoms with Gasteiger partial charge in [0.1, 0.15) is 6.33 Å². The number of nitrogens with zero attached hydrogens (tertiary/aromatic N) is 2. The van der Waals surface area contributed by atoms with E-state index in [1.165, 1.54) is 11.9 Å². The Kier molecular flexibility index (Phi) is 3.67. The van der Waals surface area contributed by atoms with Gasteiger partial charge in [-0.1, -0.05) is 23.7 Å². The normalized spacial score (nSPS) is 10.2. The number of anilines is 2. The zero-order chi connectivity index (χ0) is 13.1. The molecule has 0 unspecified atom stereocenters. The van der Waals surface area contributed by atoms with Crippen LogP contribution in [0.3, 0.4) is 0 Å². The molecule has 1 N–H and O–H groups in total. The Bertz CT molecular complexity index is 572. The number of halogens is 1. The van der Waals surface area contributed by atoms with Gasteiger partial charge in [0.05, 0.1) is 7.11 Å². The molecule has 0 aliphatic carbocycles. The molecular formula is C13H14ClN3O. The lowest BCUT2D eigenvalue weighted by molar-refractivity contribution is 0.413. The molecule has 0 radical (unpaired) electrons. The summed E-state index contributed by atoms with van der Waals surface area (Å²) in [5, 5.41) is 3.50. The summed E-state index contributed by atoms with van der Waals surface area (Å²) in [6.07, 6.45) is 1.40. The number of methoxy groups -OCH3 is 1. The minimum Gasteiger partial charge on any atom is -0.490 e. The van der Waals surface area contributed by atoms with Crippen LogP contribution in [0.2, 0.25) is 5.15 Å². The molecular weight excluding hydrogens is 250 g/mol. The third kappa shape index (κ3) is 2.54. The second-order valence-electron chi connectivity index (χ2n) is 3.99. The summed E-state index contributed by atoms with van der Waals surface area (Å²) in [6.45, 7) is 4.06. The summed E-state index contributed by atoms with van der Waals surface area (Å²) in [4.78, 5) is 8.03. The van der Waals surface area contributed by atoms with Crippen LogP contribution in [-0.4, -0.2) is 17.1 Å². The third-order valence-corrected chi connectivity index (χ3v) is 2.88. The molecule has 0 saturated carbocycles. The summed E-state index contributed by atoms with van der Waals surface area (Å²) in [6, 6.07) is 6.16. The van der Waals surface area contributed by atoms with E-state index in [1.807, 2.05) is 26.0 Å². The van der Waals surface area contributed by atoms with Crippen LogP contribution in [0.25, 0.3) is 0 Å². The van der Waals surface area contributed by atoms with Crippen molar-refractivity contribution in [3.63, 3.8) is 0 Å². The maximum Gasteiger partial charge on any atom is 0.199 e. The molecule has 0 spiro atoms. The quantitative estimate of drug-likeness (QED) is 0.861. The first-order chi connectivity index (χ1) is 8.61. The molecule has 1 heterocycles. The highest BCUT2D eigenvalue weighted by molar-refractivity contribution is 6.31. The highest BCUT2D eigenvalue weighted by Gasteiger charge is 2.11. The molecule has 5 heteroatoms. The van der Waals surface area contributed by atoms with Crippen molar-refractivity contribution < 1.29 is 4.74 Å². The number of hydrogen-bond acceptors (Lipinski definition) is 4. The Labute approximate surface area is 111 Å². The predicted octanol–water partition coefficient (Wildman–Crippen LogP) is 3.50. The van der Waals surface area contributed by atoms with E-state index < -0.39 is 0 Å². The van der Waals surface area contributed by atoms with Gasteiger partial charge in [0, 0.05) is 5.69 Å². The summed E-state index contributed by atoms with van der Waals surface area (Å²) in [5.74, 6) is 1.01. The van der Waals surface area contributed by atoms with Crippen LogP contribution >= 0.6 is 11.6 Å². The van der Waals surface area contributed by atoms with Crippen molar-refractivity contribution >= 4 is 23.1 Å². The standard InChI is InChI=1S/C13H14ClN3O/c1-8-4-5-9(2)10(6-8)17-13-11(18-3)12(14)15-7-16-13/h4-7H,1-3H3,(H,15,16,17). The molecule has 0 fully saturated rings. The van der Waals surface area contributed by atoms with E-state index in [0.717, 1.165) is 11.3 Å². The van der Waals surface area contributed by atoms with Crippen molar-refractivity contribution in [2.45, 2.75) is 13.8 Å². The smallest absolute Gasteiger partial charge is 0.199 e. The fourth-order valence-corrected chi connectivity index (χ4v) is 1.83. The zero-order valence-electron chi connectivity index (χ0n) is 10.5. The van der Waals surface area contributed by atoms with Gasteiger partial charge >= 0.3 is 0 Å². The Morgan fingerprint density at radius 1 is 1.22 bits per heavy atom. The summed E-state index contributed by atoms with van der Waals surface area (Å²) in [7, 11) is 1.54. The number of rotatable bonds is 3. The lowest BCUT2D eigenvalue weighted by Crippen LogP contribution is -2.00. The maximum absolute atomic E-state index is 5.95. The lowest BCUT2D eigenvalue weighted by Gasteiger charge is -2.12. The van der Waals surface area contributed by atoms with E-state index in [2.05, 4.69) is 21.4 Å². The van der Waals surface area contributed by atoms with Crippen molar-refractivity contribution in [2.75, 3.05) is 12.4 Å². The van der Waals surface area contributed by atoms with Crippen molar-refractivity contribution in [2.24, 2.45) is 0 Å². The number of hydrogen-bond donors (Lipinski definition) is 1. The Morgan fingerprint density at radius 3 is 2.72 bits per heavy atom. The van der Waals surface area contributed by atoms with Crippen molar-refractivity contribution in [1.29, 1.82) is 0 Å². The molecule has 2 aromatic rings. The summed E-state index contributed by atoms with van der Waals surface area (Å²) >= 11 is 5.95. The number of nitrogens with one attached hydrogen (secondary N) is 1. The van der Waals surface area contributed by atoms with E-state index in [9.17, 15) is 0 Å². The SMILES string of the molecule is COc1c(Cl)ncnc1Nc1cc(C)ccc1C. The molecule has 1 aromatic carbocycles. The number of ether oxygens (including phenoxy) is 1. The molecule has 0 bridgehead atoms. The van der Waals surface area contributed by atoms with E-state index in [-0.39, 0.29) is 0 Å². The Morgan fingerprint density at radius 2 is 2.00 bits per heavy atom. The first-order valence-corrected chi connectivity index (χ1v) is 5.88. The van der Waals surface area contributed by atoms with Gasteiger partial charge in [0.25, 0.3) is 0 Å². The molecule has 94 valence electrons. The van der Waals surface area contributed by atoms with E-state index >= 15 is 0 Å². The molecule has 1 aromatic heterocycles. The molecule has 2 rings (SSSR count). The summed E-state index contributed by atoms with van der Waals surface area (Å²) < 4.78 is 5.20. The van der Waals surface area contributed by atoms with Crippen LogP contribution in [0.15, 0.2) is 24.5 Å². The van der Waals surface area contributed by atoms with Crippen molar-refractivity contribution in [3.8, 4) is 5.75 Å². The molecule has 4 nitrogen and oxygen atoms in total. The van der Waals surface area contributed by atoms with E-state index in [1.54, 1.807) is 7.11 Å². The average Bonchev–Trinajstić information content (AvgIpc) is 2.34. The van der Waals surface area contributed by atoms with Gasteiger partial charge in [-0.2, -0.15) is 0 Å². The largest absolute Gasteiger partial charge is 0.490 e. The second kappa shape index (κ2) is 5.23. The first kappa shape index (κ1) is 12.6. The monoisotopic (exact) mass is 263 g/mol. The van der Waals surface area contributed by atoms with Crippen LogP contribution in [0.4, 0.5) is 11.5 Å². The Hall–Kier alpha value is -1.81. The lowest BCUT2D eigenvalue weighted by atomic mass is 10.1. The van der Waals surface area contributed by atoms with Crippen LogP contribution in [0.5, 0.6) is 5.75 Å². The van der Waals surface area contributed by atoms with Gasteiger partial charge in [-0.25, -0.2) is 9.97 Å². The highest BCUT2D eigenvalue weighted by Crippen LogP contribution is 2.31. The van der Waals surface area contributed by atoms with Gasteiger partial charge in [-0.15, -0.1) is 0 Å². The molecule has 0 aliphatic heterocycles. The molecule has 18 heavy (non-hydrogen) atoms. The van der Waals surface area contributed by atoms with Crippen LogP contribution < -0.4 is 10.1 Å². The average molecular weight is 264 g/mol. The van der Waals surface area contributed by atoms with Crippen molar-refractivity contribution in [3.05, 3.63) is 40.8 Å². The number of benzene rings is 1. The number of aromatic nitrogens is 2. The molecule has 0 saturated heterocycles. The van der Waals surface area contributed by atoms with Gasteiger partial charge < -0.3 is 10.1 Å². The van der Waals surface area contributed by atoms with Crippen LogP contribution in [0.1, 0.15) is 11.1 Å². The minimum absolute atomic E-state index is 0.292. The molecule has 0 atom stereocenters. The Balaban J connectivity index is 2.40. The first-order valence-electron chi connectivity index (χ1n) is 5.50. The fourth-order valence-electron chi connectivity index (χ4n) is 1.62. The maximum atomic E-state index is 5.95. The van der Waals surface area contributed by atoms with E-state index in [4.69, 9.17) is 16.3 Å². The fraction of sp³-hybridized carbons (Fsp3) is 0.231. The predicted molar refractivity (Wildman–Crippen MR) is 72.8 cm³/mol. The summed E-state index contributed by atoms with van der Waals surface area (Å²) in [5.41, 5.74) is 3.27. The van der Waals surface area contributed by atoms with E-state index in [0.29, 0.717) is 16.7 Å². The third-order valence-electron chi connectivity index (χ3n) is 2.61. The van der Waals surface area contributed by atoms with Gasteiger partial charge in [0.15, 0.2) is 16.7 Å². The zero-order valence-corrected chi connectivity index (χ0v) is 11.2. The van der Waals surface area contributed by atoms with Gasteiger partial charge in [0.2, 0.25) is 0 Å². The molecule has 0 amide bonds. The topological polar surface area (TPSA) is 47.0 Å². The highest BCUT2D eigenvalue weighted by atomic mass is 35.5.